The third-order valence-corrected chi connectivity index (χ3v) is 6.91. The molecule has 3 aromatic rings. The van der Waals surface area contributed by atoms with Crippen LogP contribution in [-0.4, -0.2) is 36.7 Å². The van der Waals surface area contributed by atoms with Gasteiger partial charge in [0.25, 0.3) is 0 Å². The number of anilines is 1. The number of aromatic amines is 1. The molecule has 1 aromatic carbocycles. The van der Waals surface area contributed by atoms with E-state index in [-0.39, 0.29) is 6.16 Å². The van der Waals surface area contributed by atoms with Gasteiger partial charge in [-0.1, -0.05) is 43.1 Å². The molecule has 10 heteroatoms. The Labute approximate surface area is 179 Å². The lowest BCUT2D eigenvalue weighted by Gasteiger charge is -2.34. The van der Waals surface area contributed by atoms with E-state index < -0.39 is 13.1 Å². The highest BCUT2D eigenvalue weighted by atomic mass is 35.5. The maximum absolute atomic E-state index is 11.4. The average Bonchev–Trinajstić information content (AvgIpc) is 3.22. The molecule has 0 amide bonds. The summed E-state index contributed by atoms with van der Waals surface area (Å²) in [5, 5.41) is 11.8. The van der Waals surface area contributed by atoms with Gasteiger partial charge in [-0.15, -0.1) is 0 Å². The fourth-order valence-electron chi connectivity index (χ4n) is 3.41. The molecular formula is C19H23Cl2N4O3P. The Morgan fingerprint density at radius 1 is 1.24 bits per heavy atom. The summed E-state index contributed by atoms with van der Waals surface area (Å²) >= 11 is 12.7. The van der Waals surface area contributed by atoms with E-state index in [4.69, 9.17) is 23.2 Å². The van der Waals surface area contributed by atoms with Crippen LogP contribution < -0.4 is 5.32 Å². The Hall–Kier alpha value is -1.63. The van der Waals surface area contributed by atoms with Gasteiger partial charge in [-0.2, -0.15) is 5.10 Å². The summed E-state index contributed by atoms with van der Waals surface area (Å²) in [6, 6.07) is 5.49. The molecule has 156 valence electrons. The molecule has 29 heavy (non-hydrogen) atoms. The van der Waals surface area contributed by atoms with E-state index in [2.05, 4.69) is 20.5 Å². The van der Waals surface area contributed by atoms with Gasteiger partial charge in [0.2, 0.25) is 0 Å². The summed E-state index contributed by atoms with van der Waals surface area (Å²) in [5.74, 6) is 0.562. The SMILES string of the molecule is CCC(CC)(CCP(=O)(O)O)Nc1cc(-c2cn[nH]c2)c2ccc(Cl)c(Cl)c2n1. The zero-order valence-corrected chi connectivity index (χ0v) is 18.5. The van der Waals surface area contributed by atoms with Gasteiger partial charge in [-0.05, 0) is 37.0 Å². The summed E-state index contributed by atoms with van der Waals surface area (Å²) in [4.78, 5) is 23.4. The third kappa shape index (κ3) is 4.93. The van der Waals surface area contributed by atoms with Gasteiger partial charge < -0.3 is 15.1 Å². The van der Waals surface area contributed by atoms with Crippen LogP contribution in [0.15, 0.2) is 30.6 Å². The lowest BCUT2D eigenvalue weighted by molar-refractivity contribution is 0.354. The molecule has 2 heterocycles. The number of hydrogen-bond donors (Lipinski definition) is 4. The highest BCUT2D eigenvalue weighted by Gasteiger charge is 2.30. The average molecular weight is 457 g/mol. The second-order valence-electron chi connectivity index (χ2n) is 7.05. The smallest absolute Gasteiger partial charge is 0.325 e. The van der Waals surface area contributed by atoms with E-state index in [9.17, 15) is 14.4 Å². The van der Waals surface area contributed by atoms with Crippen molar-refractivity contribution in [2.24, 2.45) is 0 Å². The molecule has 0 saturated heterocycles. The highest BCUT2D eigenvalue weighted by Crippen LogP contribution is 2.41. The van der Waals surface area contributed by atoms with E-state index in [1.54, 1.807) is 18.5 Å². The minimum atomic E-state index is -4.11. The Morgan fingerprint density at radius 2 is 1.97 bits per heavy atom. The molecule has 0 fully saturated rings. The molecule has 0 aliphatic carbocycles. The number of nitrogens with zero attached hydrogens (tertiary/aromatic N) is 2. The van der Waals surface area contributed by atoms with Gasteiger partial charge >= 0.3 is 7.60 Å². The van der Waals surface area contributed by atoms with Crippen LogP contribution in [0.4, 0.5) is 5.82 Å². The largest absolute Gasteiger partial charge is 0.365 e. The number of fused-ring (bicyclic) bond motifs is 1. The standard InChI is InChI=1S/C19H23Cl2N4O3P/c1-3-19(4-2,7-8-29(26,27)28)25-16-9-14(12-10-22-23-11-12)13-5-6-15(20)17(21)18(13)24-16/h5-6,9-11H,3-4,7-8H2,1-2H3,(H,22,23)(H,24,25)(H2,26,27,28). The monoisotopic (exact) mass is 456 g/mol. The van der Waals surface area contributed by atoms with Gasteiger partial charge in [0, 0.05) is 22.7 Å². The number of nitrogens with one attached hydrogen (secondary N) is 2. The quantitative estimate of drug-likeness (QED) is 0.334. The second kappa shape index (κ2) is 8.62. The first kappa shape index (κ1) is 22.1. The van der Waals surface area contributed by atoms with Crippen LogP contribution in [0.1, 0.15) is 33.1 Å². The van der Waals surface area contributed by atoms with Crippen molar-refractivity contribution in [3.63, 3.8) is 0 Å². The highest BCUT2D eigenvalue weighted by molar-refractivity contribution is 7.51. The maximum atomic E-state index is 11.4. The van der Waals surface area contributed by atoms with E-state index in [0.29, 0.717) is 40.6 Å². The van der Waals surface area contributed by atoms with Gasteiger partial charge in [0.15, 0.2) is 0 Å². The molecule has 3 rings (SSSR count). The minimum Gasteiger partial charge on any atom is -0.365 e. The molecule has 0 saturated carbocycles. The number of hydrogen-bond acceptors (Lipinski definition) is 4. The van der Waals surface area contributed by atoms with Crippen molar-refractivity contribution < 1.29 is 14.4 Å². The lowest BCUT2D eigenvalue weighted by Crippen LogP contribution is -2.38. The number of halogens is 2. The zero-order valence-electron chi connectivity index (χ0n) is 16.1. The van der Waals surface area contributed by atoms with Crippen molar-refractivity contribution in [1.82, 2.24) is 15.2 Å². The van der Waals surface area contributed by atoms with Crippen LogP contribution >= 0.6 is 30.8 Å². The fraction of sp³-hybridized carbons (Fsp3) is 0.368. The molecule has 0 radical (unpaired) electrons. The molecule has 0 atom stereocenters. The Bertz CT molecular complexity index is 1050. The van der Waals surface area contributed by atoms with Gasteiger partial charge in [-0.25, -0.2) is 4.98 Å². The van der Waals surface area contributed by atoms with E-state index in [0.717, 1.165) is 16.5 Å². The summed E-state index contributed by atoms with van der Waals surface area (Å²) in [5.41, 5.74) is 1.78. The first-order valence-electron chi connectivity index (χ1n) is 9.28. The summed E-state index contributed by atoms with van der Waals surface area (Å²) in [7, 11) is -4.11. The van der Waals surface area contributed by atoms with E-state index in [1.807, 2.05) is 26.0 Å². The van der Waals surface area contributed by atoms with Crippen LogP contribution in [0.5, 0.6) is 0 Å². The van der Waals surface area contributed by atoms with Crippen LogP contribution in [0.2, 0.25) is 10.0 Å². The van der Waals surface area contributed by atoms with Crippen molar-refractivity contribution in [2.75, 3.05) is 11.5 Å². The second-order valence-corrected chi connectivity index (χ2v) is 9.61. The number of benzene rings is 1. The van der Waals surface area contributed by atoms with Crippen LogP contribution in [0, 0.1) is 0 Å². The summed E-state index contributed by atoms with van der Waals surface area (Å²) in [6.07, 6.45) is 4.95. The van der Waals surface area contributed by atoms with Gasteiger partial charge in [0.05, 0.1) is 27.9 Å². The molecule has 7 nitrogen and oxygen atoms in total. The topological polar surface area (TPSA) is 111 Å². The van der Waals surface area contributed by atoms with Crippen molar-refractivity contribution in [2.45, 2.75) is 38.6 Å². The molecule has 0 unspecified atom stereocenters. The zero-order chi connectivity index (χ0) is 21.2. The van der Waals surface area contributed by atoms with Crippen LogP contribution in [0.3, 0.4) is 0 Å². The Balaban J connectivity index is 2.11. The normalized spacial score (nSPS) is 12.5. The number of rotatable bonds is 8. The van der Waals surface area contributed by atoms with E-state index in [1.165, 1.54) is 0 Å². The summed E-state index contributed by atoms with van der Waals surface area (Å²) < 4.78 is 11.4. The number of pyridine rings is 1. The minimum absolute atomic E-state index is 0.198. The molecule has 0 aliphatic heterocycles. The Kier molecular flexibility index (Phi) is 6.56. The number of aromatic nitrogens is 3. The van der Waals surface area contributed by atoms with Crippen molar-refractivity contribution in [3.8, 4) is 11.1 Å². The lowest BCUT2D eigenvalue weighted by atomic mass is 9.89. The predicted molar refractivity (Wildman–Crippen MR) is 118 cm³/mol. The summed E-state index contributed by atoms with van der Waals surface area (Å²) in [6.45, 7) is 3.97. The third-order valence-electron chi connectivity index (χ3n) is 5.31. The molecular weight excluding hydrogens is 434 g/mol. The van der Waals surface area contributed by atoms with E-state index >= 15 is 0 Å². The predicted octanol–water partition coefficient (Wildman–Crippen LogP) is 5.47. The molecule has 2 aromatic heterocycles. The van der Waals surface area contributed by atoms with Crippen molar-refractivity contribution in [3.05, 3.63) is 40.6 Å². The first-order chi connectivity index (χ1) is 13.7. The van der Waals surface area contributed by atoms with Crippen LogP contribution in [0.25, 0.3) is 22.0 Å². The number of H-pyrrole nitrogens is 1. The first-order valence-corrected chi connectivity index (χ1v) is 11.8. The molecule has 0 bridgehead atoms. The molecule has 4 N–H and O–H groups in total. The Morgan fingerprint density at radius 3 is 2.55 bits per heavy atom. The van der Waals surface area contributed by atoms with Crippen molar-refractivity contribution in [1.29, 1.82) is 0 Å². The molecule has 0 spiro atoms. The van der Waals surface area contributed by atoms with Gasteiger partial charge in [0.1, 0.15) is 5.82 Å². The van der Waals surface area contributed by atoms with Gasteiger partial charge in [-0.3, -0.25) is 9.66 Å². The molecule has 0 aliphatic rings. The maximum Gasteiger partial charge on any atom is 0.325 e. The van der Waals surface area contributed by atoms with Crippen molar-refractivity contribution >= 4 is 47.5 Å². The fourth-order valence-corrected chi connectivity index (χ4v) is 4.49. The van der Waals surface area contributed by atoms with Crippen LogP contribution in [-0.2, 0) is 4.57 Å².